The van der Waals surface area contributed by atoms with E-state index in [1.54, 1.807) is 0 Å². The fourth-order valence-corrected chi connectivity index (χ4v) is 1.70. The Balaban J connectivity index is 2.72. The summed E-state index contributed by atoms with van der Waals surface area (Å²) >= 11 is 0. The van der Waals surface area contributed by atoms with E-state index in [-0.39, 0.29) is 0 Å². The number of benzene rings is 1. The minimum Gasteiger partial charge on any atom is -0.0649 e. The molecule has 0 unspecified atom stereocenters. The Hall–Kier alpha value is -0.780. The molecule has 0 aliphatic heterocycles. The first-order valence-corrected chi connectivity index (χ1v) is 5.65. The highest BCUT2D eigenvalue weighted by Crippen LogP contribution is 2.29. The minimum atomic E-state index is 0.481. The Labute approximate surface area is 88.4 Å². The van der Waals surface area contributed by atoms with Crippen molar-refractivity contribution in [1.29, 1.82) is 0 Å². The Morgan fingerprint density at radius 3 is 1.93 bits per heavy atom. The van der Waals surface area contributed by atoms with E-state index in [0.717, 1.165) is 0 Å². The summed E-state index contributed by atoms with van der Waals surface area (Å²) in [6, 6.07) is 8.94. The number of rotatable bonds is 4. The van der Waals surface area contributed by atoms with E-state index in [1.807, 2.05) is 0 Å². The van der Waals surface area contributed by atoms with Crippen molar-refractivity contribution >= 4 is 0 Å². The van der Waals surface area contributed by atoms with E-state index in [9.17, 15) is 0 Å². The van der Waals surface area contributed by atoms with Gasteiger partial charge in [0.25, 0.3) is 0 Å². The molecule has 0 radical (unpaired) electrons. The zero-order chi connectivity index (χ0) is 10.6. The Morgan fingerprint density at radius 1 is 1.00 bits per heavy atom. The summed E-state index contributed by atoms with van der Waals surface area (Å²) < 4.78 is 0. The van der Waals surface area contributed by atoms with Crippen LogP contribution in [0.1, 0.15) is 44.7 Å². The lowest BCUT2D eigenvalue weighted by Crippen LogP contribution is -2.17. The average Bonchev–Trinajstić information content (AvgIpc) is 2.21. The van der Waals surface area contributed by atoms with Crippen molar-refractivity contribution in [2.75, 3.05) is 0 Å². The van der Waals surface area contributed by atoms with Crippen LogP contribution in [0.2, 0.25) is 0 Å². The second-order valence-corrected chi connectivity index (χ2v) is 4.68. The van der Waals surface area contributed by atoms with Gasteiger partial charge in [0.15, 0.2) is 0 Å². The van der Waals surface area contributed by atoms with Gasteiger partial charge in [0.2, 0.25) is 0 Å². The number of hydrogen-bond donors (Lipinski definition) is 0. The monoisotopic (exact) mass is 190 g/mol. The van der Waals surface area contributed by atoms with Gasteiger partial charge in [-0.3, -0.25) is 0 Å². The van der Waals surface area contributed by atoms with Gasteiger partial charge >= 0.3 is 0 Å². The molecule has 0 spiro atoms. The van der Waals surface area contributed by atoms with Gasteiger partial charge < -0.3 is 0 Å². The summed E-state index contributed by atoms with van der Waals surface area (Å²) in [5.74, 6) is 0. The lowest BCUT2D eigenvalue weighted by Gasteiger charge is -2.26. The van der Waals surface area contributed by atoms with E-state index in [0.29, 0.717) is 5.41 Å². The first-order chi connectivity index (χ1) is 6.59. The molecule has 1 aromatic carbocycles. The SMILES string of the molecule is CCC(C)(CC)Cc1ccc(C)cc1. The number of hydrogen-bond acceptors (Lipinski definition) is 0. The van der Waals surface area contributed by atoms with Crippen molar-refractivity contribution in [3.05, 3.63) is 35.4 Å². The second-order valence-electron chi connectivity index (χ2n) is 4.68. The van der Waals surface area contributed by atoms with E-state index >= 15 is 0 Å². The van der Waals surface area contributed by atoms with Gasteiger partial charge in [0.1, 0.15) is 0 Å². The summed E-state index contributed by atoms with van der Waals surface area (Å²) in [6.07, 6.45) is 3.73. The van der Waals surface area contributed by atoms with Crippen LogP contribution in [0.3, 0.4) is 0 Å². The largest absolute Gasteiger partial charge is 0.0649 e. The van der Waals surface area contributed by atoms with Gasteiger partial charge in [-0.05, 0) is 24.3 Å². The van der Waals surface area contributed by atoms with E-state index in [4.69, 9.17) is 0 Å². The van der Waals surface area contributed by atoms with Gasteiger partial charge in [0.05, 0.1) is 0 Å². The van der Waals surface area contributed by atoms with Gasteiger partial charge in [-0.25, -0.2) is 0 Å². The molecule has 0 saturated heterocycles. The van der Waals surface area contributed by atoms with Crippen LogP contribution >= 0.6 is 0 Å². The zero-order valence-corrected chi connectivity index (χ0v) is 9.93. The van der Waals surface area contributed by atoms with Crippen molar-refractivity contribution < 1.29 is 0 Å². The molecule has 0 heterocycles. The zero-order valence-electron chi connectivity index (χ0n) is 9.93. The molecule has 0 aliphatic rings. The molecule has 0 nitrogen and oxygen atoms in total. The predicted molar refractivity (Wildman–Crippen MR) is 63.6 cm³/mol. The molecule has 0 atom stereocenters. The normalized spacial score (nSPS) is 11.7. The smallest absolute Gasteiger partial charge is 0.0225 e. The van der Waals surface area contributed by atoms with Crippen LogP contribution < -0.4 is 0 Å². The molecule has 0 fully saturated rings. The molecule has 1 aromatic rings. The van der Waals surface area contributed by atoms with Crippen molar-refractivity contribution in [1.82, 2.24) is 0 Å². The molecule has 0 amide bonds. The first-order valence-electron chi connectivity index (χ1n) is 5.65. The Morgan fingerprint density at radius 2 is 1.50 bits per heavy atom. The van der Waals surface area contributed by atoms with Crippen LogP contribution in [0.5, 0.6) is 0 Å². The topological polar surface area (TPSA) is 0 Å². The molecule has 0 saturated carbocycles. The molecule has 14 heavy (non-hydrogen) atoms. The lowest BCUT2D eigenvalue weighted by atomic mass is 9.79. The van der Waals surface area contributed by atoms with Crippen LogP contribution in [0.15, 0.2) is 24.3 Å². The summed E-state index contributed by atoms with van der Waals surface area (Å²) in [5.41, 5.74) is 3.31. The first kappa shape index (κ1) is 11.3. The van der Waals surface area contributed by atoms with Gasteiger partial charge in [-0.1, -0.05) is 63.4 Å². The lowest BCUT2D eigenvalue weighted by molar-refractivity contribution is 0.296. The Bertz CT molecular complexity index is 265. The molecule has 0 heteroatoms. The van der Waals surface area contributed by atoms with Crippen LogP contribution in [0.4, 0.5) is 0 Å². The quantitative estimate of drug-likeness (QED) is 0.661. The highest BCUT2D eigenvalue weighted by Gasteiger charge is 2.19. The summed E-state index contributed by atoms with van der Waals surface area (Å²) in [5, 5.41) is 0. The van der Waals surface area contributed by atoms with Gasteiger partial charge in [-0.2, -0.15) is 0 Å². The third-order valence-electron chi connectivity index (χ3n) is 3.46. The Kier molecular flexibility index (Phi) is 3.74. The average molecular weight is 190 g/mol. The molecule has 0 N–H and O–H groups in total. The molecule has 0 aromatic heterocycles. The summed E-state index contributed by atoms with van der Waals surface area (Å²) in [4.78, 5) is 0. The van der Waals surface area contributed by atoms with Gasteiger partial charge in [-0.15, -0.1) is 0 Å². The molecule has 78 valence electrons. The third-order valence-corrected chi connectivity index (χ3v) is 3.46. The summed E-state index contributed by atoms with van der Waals surface area (Å²) in [7, 11) is 0. The van der Waals surface area contributed by atoms with Crippen LogP contribution in [0.25, 0.3) is 0 Å². The highest BCUT2D eigenvalue weighted by molar-refractivity contribution is 5.22. The maximum Gasteiger partial charge on any atom is -0.0225 e. The van der Waals surface area contributed by atoms with Crippen molar-refractivity contribution in [2.24, 2.45) is 5.41 Å². The minimum absolute atomic E-state index is 0.481. The van der Waals surface area contributed by atoms with E-state index < -0.39 is 0 Å². The molecule has 0 bridgehead atoms. The van der Waals surface area contributed by atoms with E-state index in [1.165, 1.54) is 30.4 Å². The number of aryl methyl sites for hydroxylation is 1. The summed E-state index contributed by atoms with van der Waals surface area (Å²) in [6.45, 7) is 9.10. The molecular formula is C14H22. The molecular weight excluding hydrogens is 168 g/mol. The highest BCUT2D eigenvalue weighted by atomic mass is 14.2. The van der Waals surface area contributed by atoms with Crippen LogP contribution in [-0.2, 0) is 6.42 Å². The van der Waals surface area contributed by atoms with E-state index in [2.05, 4.69) is 52.0 Å². The predicted octanol–water partition coefficient (Wildman–Crippen LogP) is 4.36. The van der Waals surface area contributed by atoms with Crippen molar-refractivity contribution in [3.63, 3.8) is 0 Å². The van der Waals surface area contributed by atoms with Crippen molar-refractivity contribution in [3.8, 4) is 0 Å². The fraction of sp³-hybridized carbons (Fsp3) is 0.571. The van der Waals surface area contributed by atoms with Gasteiger partial charge in [0, 0.05) is 0 Å². The van der Waals surface area contributed by atoms with Crippen LogP contribution in [0, 0.1) is 12.3 Å². The standard InChI is InChI=1S/C14H22/c1-5-14(4,6-2)11-13-9-7-12(3)8-10-13/h7-10H,5-6,11H2,1-4H3. The maximum atomic E-state index is 2.38. The molecule has 1 rings (SSSR count). The maximum absolute atomic E-state index is 2.38. The van der Waals surface area contributed by atoms with Crippen molar-refractivity contribution in [2.45, 2.75) is 47.0 Å². The second kappa shape index (κ2) is 4.63. The third kappa shape index (κ3) is 2.87. The fourth-order valence-electron chi connectivity index (χ4n) is 1.70. The molecule has 0 aliphatic carbocycles. The van der Waals surface area contributed by atoms with Crippen LogP contribution in [-0.4, -0.2) is 0 Å².